The molecule has 0 bridgehead atoms. The van der Waals surface area contributed by atoms with Gasteiger partial charge in [-0.25, -0.2) is 0 Å². The highest BCUT2D eigenvalue weighted by atomic mass is 16.5. The minimum Gasteiger partial charge on any atom is -0.497 e. The summed E-state index contributed by atoms with van der Waals surface area (Å²) in [5, 5.41) is 2.64. The third-order valence-corrected chi connectivity index (χ3v) is 2.57. The van der Waals surface area contributed by atoms with Crippen LogP contribution in [0.5, 0.6) is 11.5 Å². The molecule has 0 aromatic heterocycles. The predicted octanol–water partition coefficient (Wildman–Crippen LogP) is 1.39. The number of benzene rings is 1. The molecule has 0 aliphatic rings. The maximum absolute atomic E-state index is 12.0. The molecule has 0 spiro atoms. The molecule has 0 atom stereocenters. The van der Waals surface area contributed by atoms with Gasteiger partial charge in [-0.15, -0.1) is 0 Å². The summed E-state index contributed by atoms with van der Waals surface area (Å²) in [6.45, 7) is 2.28. The van der Waals surface area contributed by atoms with E-state index in [2.05, 4.69) is 5.32 Å². The van der Waals surface area contributed by atoms with Crippen LogP contribution in [-0.2, 0) is 9.53 Å². The quantitative estimate of drug-likeness (QED) is 0.764. The van der Waals surface area contributed by atoms with Crippen LogP contribution in [0.15, 0.2) is 18.2 Å². The van der Waals surface area contributed by atoms with Gasteiger partial charge in [-0.3, -0.25) is 9.59 Å². The van der Waals surface area contributed by atoms with E-state index in [1.54, 1.807) is 25.1 Å². The fraction of sp³-hybridized carbons (Fsp3) is 0.429. The average molecular weight is 281 g/mol. The van der Waals surface area contributed by atoms with Gasteiger partial charge in [-0.1, -0.05) is 0 Å². The van der Waals surface area contributed by atoms with Crippen LogP contribution >= 0.6 is 0 Å². The van der Waals surface area contributed by atoms with Crippen molar-refractivity contribution in [2.45, 2.75) is 13.3 Å². The Morgan fingerprint density at radius 2 is 1.95 bits per heavy atom. The van der Waals surface area contributed by atoms with Gasteiger partial charge < -0.3 is 19.5 Å². The Hall–Kier alpha value is -2.24. The van der Waals surface area contributed by atoms with Gasteiger partial charge in [0.2, 0.25) is 0 Å². The van der Waals surface area contributed by atoms with Gasteiger partial charge in [-0.05, 0) is 19.1 Å². The number of rotatable bonds is 7. The van der Waals surface area contributed by atoms with E-state index in [0.717, 1.165) is 0 Å². The summed E-state index contributed by atoms with van der Waals surface area (Å²) in [6.07, 6.45) is 0.137. The highest BCUT2D eigenvalue weighted by Crippen LogP contribution is 2.24. The molecule has 0 fully saturated rings. The van der Waals surface area contributed by atoms with Crippen molar-refractivity contribution in [2.75, 3.05) is 27.4 Å². The molecule has 1 aromatic carbocycles. The number of carbonyl (C=O) groups excluding carboxylic acids is 2. The van der Waals surface area contributed by atoms with Crippen molar-refractivity contribution in [2.24, 2.45) is 0 Å². The summed E-state index contributed by atoms with van der Waals surface area (Å²) < 4.78 is 15.0. The molecule has 0 aliphatic heterocycles. The maximum Gasteiger partial charge on any atom is 0.307 e. The molecule has 1 aromatic rings. The smallest absolute Gasteiger partial charge is 0.307 e. The number of nitrogens with one attached hydrogen (secondary N) is 1. The Morgan fingerprint density at radius 1 is 1.20 bits per heavy atom. The SMILES string of the molecule is CCOC(=O)CCNC(=O)c1ccc(OC)cc1OC. The van der Waals surface area contributed by atoms with E-state index < -0.39 is 0 Å². The molecular weight excluding hydrogens is 262 g/mol. The second-order valence-corrected chi connectivity index (χ2v) is 3.88. The van der Waals surface area contributed by atoms with Crippen molar-refractivity contribution in [3.8, 4) is 11.5 Å². The van der Waals surface area contributed by atoms with Crippen molar-refractivity contribution in [1.29, 1.82) is 0 Å². The minimum absolute atomic E-state index is 0.137. The number of amides is 1. The topological polar surface area (TPSA) is 73.9 Å². The molecule has 1 amide bonds. The van der Waals surface area contributed by atoms with Crippen molar-refractivity contribution in [3.63, 3.8) is 0 Å². The number of hydrogen-bond donors (Lipinski definition) is 1. The predicted molar refractivity (Wildman–Crippen MR) is 73.1 cm³/mol. The Kier molecular flexibility index (Phi) is 6.36. The summed E-state index contributed by atoms with van der Waals surface area (Å²) in [6, 6.07) is 4.90. The Bertz CT molecular complexity index is 473. The van der Waals surface area contributed by atoms with Gasteiger partial charge >= 0.3 is 5.97 Å². The van der Waals surface area contributed by atoms with Gasteiger partial charge in [0.15, 0.2) is 0 Å². The largest absolute Gasteiger partial charge is 0.497 e. The van der Waals surface area contributed by atoms with Gasteiger partial charge in [-0.2, -0.15) is 0 Å². The van der Waals surface area contributed by atoms with E-state index in [9.17, 15) is 9.59 Å². The standard InChI is InChI=1S/C14H19NO5/c1-4-20-13(16)7-8-15-14(17)11-6-5-10(18-2)9-12(11)19-3/h5-6,9H,4,7-8H2,1-3H3,(H,15,17). The minimum atomic E-state index is -0.338. The molecule has 20 heavy (non-hydrogen) atoms. The Labute approximate surface area is 118 Å². The third kappa shape index (κ3) is 4.46. The van der Waals surface area contributed by atoms with Crippen LogP contribution in [0.2, 0.25) is 0 Å². The first kappa shape index (κ1) is 15.8. The van der Waals surface area contributed by atoms with Crippen molar-refractivity contribution < 1.29 is 23.8 Å². The molecule has 0 unspecified atom stereocenters. The lowest BCUT2D eigenvalue weighted by Gasteiger charge is -2.10. The molecule has 1 rings (SSSR count). The van der Waals surface area contributed by atoms with Crippen molar-refractivity contribution in [1.82, 2.24) is 5.32 Å². The molecule has 0 heterocycles. The van der Waals surface area contributed by atoms with E-state index in [0.29, 0.717) is 23.7 Å². The van der Waals surface area contributed by atoms with Gasteiger partial charge in [0.25, 0.3) is 5.91 Å². The normalized spacial score (nSPS) is 9.75. The summed E-state index contributed by atoms with van der Waals surface area (Å²) in [7, 11) is 3.01. The second kappa shape index (κ2) is 8.04. The summed E-state index contributed by atoms with van der Waals surface area (Å²) >= 11 is 0. The van der Waals surface area contributed by atoms with Crippen LogP contribution in [0.25, 0.3) is 0 Å². The first-order valence-electron chi connectivity index (χ1n) is 6.28. The van der Waals surface area contributed by atoms with Crippen LogP contribution in [0, 0.1) is 0 Å². The highest BCUT2D eigenvalue weighted by Gasteiger charge is 2.13. The zero-order chi connectivity index (χ0) is 15.0. The first-order chi connectivity index (χ1) is 9.62. The molecule has 110 valence electrons. The summed E-state index contributed by atoms with van der Waals surface area (Å²) in [5.41, 5.74) is 0.386. The maximum atomic E-state index is 12.0. The number of carbonyl (C=O) groups is 2. The molecule has 0 aliphatic carbocycles. The van der Waals surface area contributed by atoms with Crippen molar-refractivity contribution in [3.05, 3.63) is 23.8 Å². The Balaban J connectivity index is 2.61. The van der Waals surface area contributed by atoms with Crippen LogP contribution in [-0.4, -0.2) is 39.2 Å². The zero-order valence-corrected chi connectivity index (χ0v) is 11.9. The fourth-order valence-corrected chi connectivity index (χ4v) is 1.59. The fourth-order valence-electron chi connectivity index (χ4n) is 1.59. The molecule has 0 saturated carbocycles. The second-order valence-electron chi connectivity index (χ2n) is 3.88. The monoisotopic (exact) mass is 281 g/mol. The lowest BCUT2D eigenvalue weighted by Crippen LogP contribution is -2.26. The zero-order valence-electron chi connectivity index (χ0n) is 11.9. The Morgan fingerprint density at radius 3 is 2.55 bits per heavy atom. The molecule has 0 saturated heterocycles. The summed E-state index contributed by atoms with van der Waals surface area (Å²) in [5.74, 6) is 0.367. The molecule has 6 nitrogen and oxygen atoms in total. The average Bonchev–Trinajstić information content (AvgIpc) is 2.46. The number of hydrogen-bond acceptors (Lipinski definition) is 5. The van der Waals surface area contributed by atoms with Gasteiger partial charge in [0.1, 0.15) is 11.5 Å². The molecule has 0 radical (unpaired) electrons. The van der Waals surface area contributed by atoms with E-state index in [4.69, 9.17) is 14.2 Å². The third-order valence-electron chi connectivity index (χ3n) is 2.57. The first-order valence-corrected chi connectivity index (χ1v) is 6.28. The molecule has 1 N–H and O–H groups in total. The van der Waals surface area contributed by atoms with Crippen LogP contribution in [0.3, 0.4) is 0 Å². The van der Waals surface area contributed by atoms with Crippen molar-refractivity contribution >= 4 is 11.9 Å². The molecule has 6 heteroatoms. The number of esters is 1. The van der Waals surface area contributed by atoms with E-state index in [1.165, 1.54) is 14.2 Å². The summed E-state index contributed by atoms with van der Waals surface area (Å²) in [4.78, 5) is 23.1. The van der Waals surface area contributed by atoms with Gasteiger partial charge in [0, 0.05) is 12.6 Å². The van der Waals surface area contributed by atoms with E-state index in [1.807, 2.05) is 0 Å². The highest BCUT2D eigenvalue weighted by molar-refractivity contribution is 5.97. The van der Waals surface area contributed by atoms with Crippen LogP contribution in [0.4, 0.5) is 0 Å². The number of methoxy groups -OCH3 is 2. The van der Waals surface area contributed by atoms with Gasteiger partial charge in [0.05, 0.1) is 32.8 Å². The van der Waals surface area contributed by atoms with Crippen LogP contribution < -0.4 is 14.8 Å². The molecular formula is C14H19NO5. The lowest BCUT2D eigenvalue weighted by atomic mass is 10.1. The lowest BCUT2D eigenvalue weighted by molar-refractivity contribution is -0.142. The van der Waals surface area contributed by atoms with Crippen LogP contribution in [0.1, 0.15) is 23.7 Å². The van der Waals surface area contributed by atoms with E-state index >= 15 is 0 Å². The number of ether oxygens (including phenoxy) is 3. The van der Waals surface area contributed by atoms with E-state index in [-0.39, 0.29) is 24.8 Å².